The highest BCUT2D eigenvalue weighted by Gasteiger charge is 2.33. The predicted molar refractivity (Wildman–Crippen MR) is 152 cm³/mol. The van der Waals surface area contributed by atoms with Crippen LogP contribution in [-0.4, -0.2) is 21.6 Å². The quantitative estimate of drug-likeness (QED) is 0.232. The highest BCUT2D eigenvalue weighted by atomic mass is 19.1. The van der Waals surface area contributed by atoms with E-state index >= 15 is 4.39 Å². The first-order chi connectivity index (χ1) is 19.7. The van der Waals surface area contributed by atoms with Gasteiger partial charge in [-0.3, -0.25) is 9.59 Å². The van der Waals surface area contributed by atoms with Crippen molar-refractivity contribution in [3.05, 3.63) is 112 Å². The monoisotopic (exact) mass is 551 g/mol. The summed E-state index contributed by atoms with van der Waals surface area (Å²) in [6.45, 7) is 0.284. The van der Waals surface area contributed by atoms with Crippen LogP contribution in [0.15, 0.2) is 72.8 Å². The standard InChI is InChI=1S/C31H30FN7O2/c32-26-11-10-23(31(36,13-12-19-4-5-19)22-8-6-21(7-9-22)29(35)40)15-27(26)37-30(41)28-16-24(18-34)38-39(28)25-3-1-2-20(14-25)17-33/h1-3,6-11,14-16,19H,4-5,12-13,17,33,36H2,(H2,35,40)(H,37,41). The van der Waals surface area contributed by atoms with Crippen molar-refractivity contribution in [3.63, 3.8) is 0 Å². The van der Waals surface area contributed by atoms with Gasteiger partial charge in [0.1, 0.15) is 17.6 Å². The molecule has 3 aromatic carbocycles. The third-order valence-electron chi connectivity index (χ3n) is 7.51. The van der Waals surface area contributed by atoms with Gasteiger partial charge in [-0.2, -0.15) is 10.4 Å². The molecule has 4 aromatic rings. The molecule has 7 N–H and O–H groups in total. The van der Waals surface area contributed by atoms with Crippen LogP contribution in [0.1, 0.15) is 68.9 Å². The molecule has 208 valence electrons. The summed E-state index contributed by atoms with van der Waals surface area (Å²) in [5.41, 5.74) is 20.3. The minimum atomic E-state index is -1.01. The van der Waals surface area contributed by atoms with E-state index in [1.165, 1.54) is 22.9 Å². The van der Waals surface area contributed by atoms with E-state index < -0.39 is 23.2 Å². The molecule has 0 aliphatic heterocycles. The third kappa shape index (κ3) is 5.87. The number of rotatable bonds is 10. The van der Waals surface area contributed by atoms with Gasteiger partial charge in [-0.1, -0.05) is 43.2 Å². The molecule has 1 fully saturated rings. The van der Waals surface area contributed by atoms with E-state index in [9.17, 15) is 14.9 Å². The molecule has 0 spiro atoms. The Kier molecular flexibility index (Phi) is 7.66. The number of carbonyl (C=O) groups is 2. The average molecular weight is 552 g/mol. The topological polar surface area (TPSA) is 166 Å². The molecule has 1 saturated carbocycles. The van der Waals surface area contributed by atoms with Crippen LogP contribution in [0, 0.1) is 23.1 Å². The number of nitrogens with two attached hydrogens (primary N) is 3. The second-order valence-electron chi connectivity index (χ2n) is 10.4. The Bertz CT molecular complexity index is 1650. The van der Waals surface area contributed by atoms with Crippen LogP contribution in [0.4, 0.5) is 10.1 Å². The molecule has 0 bridgehead atoms. The maximum atomic E-state index is 15.1. The van der Waals surface area contributed by atoms with Gasteiger partial charge in [0.2, 0.25) is 5.91 Å². The van der Waals surface area contributed by atoms with Crippen LogP contribution in [0.3, 0.4) is 0 Å². The molecule has 1 atom stereocenters. The lowest BCUT2D eigenvalue weighted by Crippen LogP contribution is -2.38. The number of nitrogens with zero attached hydrogens (tertiary/aromatic N) is 3. The molecule has 2 amide bonds. The summed E-state index contributed by atoms with van der Waals surface area (Å²) in [7, 11) is 0. The highest BCUT2D eigenvalue weighted by molar-refractivity contribution is 6.03. The zero-order valence-electron chi connectivity index (χ0n) is 22.3. The molecule has 1 unspecified atom stereocenters. The van der Waals surface area contributed by atoms with Gasteiger partial charge >= 0.3 is 0 Å². The Morgan fingerprint density at radius 1 is 1.07 bits per heavy atom. The molecule has 10 heteroatoms. The largest absolute Gasteiger partial charge is 0.366 e. The van der Waals surface area contributed by atoms with Crippen LogP contribution < -0.4 is 22.5 Å². The van der Waals surface area contributed by atoms with Gasteiger partial charge in [-0.15, -0.1) is 0 Å². The Morgan fingerprint density at radius 3 is 2.46 bits per heavy atom. The van der Waals surface area contributed by atoms with Crippen molar-refractivity contribution in [2.45, 2.75) is 37.8 Å². The normalized spacial score (nSPS) is 14.2. The minimum Gasteiger partial charge on any atom is -0.366 e. The van der Waals surface area contributed by atoms with E-state index in [4.69, 9.17) is 17.2 Å². The van der Waals surface area contributed by atoms with Crippen molar-refractivity contribution in [2.75, 3.05) is 5.32 Å². The number of primary amides is 1. The van der Waals surface area contributed by atoms with Gasteiger partial charge in [-0.05, 0) is 71.8 Å². The molecule has 5 rings (SSSR count). The fourth-order valence-corrected chi connectivity index (χ4v) is 4.92. The number of aromatic nitrogens is 2. The zero-order chi connectivity index (χ0) is 29.1. The van der Waals surface area contributed by atoms with Gasteiger partial charge < -0.3 is 22.5 Å². The molecule has 1 aliphatic rings. The Hall–Kier alpha value is -4.85. The van der Waals surface area contributed by atoms with Crippen molar-refractivity contribution in [2.24, 2.45) is 23.1 Å². The third-order valence-corrected chi connectivity index (χ3v) is 7.51. The molecule has 1 heterocycles. The van der Waals surface area contributed by atoms with E-state index in [-0.39, 0.29) is 23.6 Å². The van der Waals surface area contributed by atoms with Crippen LogP contribution in [0.25, 0.3) is 5.69 Å². The summed E-state index contributed by atoms with van der Waals surface area (Å²) in [5.74, 6) is -1.25. The maximum absolute atomic E-state index is 15.1. The number of nitrogens with one attached hydrogen (secondary N) is 1. The average Bonchev–Trinajstić information content (AvgIpc) is 3.72. The summed E-state index contributed by atoms with van der Waals surface area (Å²) in [6, 6.07) is 21.6. The van der Waals surface area contributed by atoms with Gasteiger partial charge in [0.15, 0.2) is 5.69 Å². The van der Waals surface area contributed by atoms with Crippen molar-refractivity contribution in [3.8, 4) is 11.8 Å². The molecule has 0 saturated heterocycles. The van der Waals surface area contributed by atoms with Crippen LogP contribution in [0.5, 0.6) is 0 Å². The van der Waals surface area contributed by atoms with Gasteiger partial charge in [-0.25, -0.2) is 9.07 Å². The summed E-state index contributed by atoms with van der Waals surface area (Å²) in [5, 5.41) is 16.3. The number of hydrogen-bond donors (Lipinski definition) is 4. The minimum absolute atomic E-state index is 0.0305. The maximum Gasteiger partial charge on any atom is 0.274 e. The van der Waals surface area contributed by atoms with E-state index in [2.05, 4.69) is 10.4 Å². The lowest BCUT2D eigenvalue weighted by atomic mass is 9.79. The summed E-state index contributed by atoms with van der Waals surface area (Å²) in [6.07, 6.45) is 3.76. The van der Waals surface area contributed by atoms with Crippen molar-refractivity contribution >= 4 is 17.5 Å². The number of halogens is 1. The zero-order valence-corrected chi connectivity index (χ0v) is 22.3. The smallest absolute Gasteiger partial charge is 0.274 e. The number of benzene rings is 3. The molecule has 9 nitrogen and oxygen atoms in total. The summed E-state index contributed by atoms with van der Waals surface area (Å²) >= 11 is 0. The van der Waals surface area contributed by atoms with Gasteiger partial charge in [0, 0.05) is 18.2 Å². The summed E-state index contributed by atoms with van der Waals surface area (Å²) < 4.78 is 16.4. The van der Waals surface area contributed by atoms with Crippen LogP contribution in [0.2, 0.25) is 0 Å². The number of amides is 2. The number of carbonyl (C=O) groups excluding carboxylic acids is 2. The Labute approximate surface area is 236 Å². The van der Waals surface area contributed by atoms with E-state index in [0.29, 0.717) is 29.2 Å². The highest BCUT2D eigenvalue weighted by Crippen LogP contribution is 2.40. The van der Waals surface area contributed by atoms with Crippen molar-refractivity contribution in [1.29, 1.82) is 5.26 Å². The number of hydrogen-bond acceptors (Lipinski definition) is 6. The molecule has 41 heavy (non-hydrogen) atoms. The fourth-order valence-electron chi connectivity index (χ4n) is 4.92. The summed E-state index contributed by atoms with van der Waals surface area (Å²) in [4.78, 5) is 25.1. The fraction of sp³-hybridized carbons (Fsp3) is 0.226. The SMILES string of the molecule is N#Cc1cc(C(=O)Nc2cc(C(N)(CCC3CC3)c3ccc(C(N)=O)cc3)ccc2F)n(-c2cccc(CN)c2)n1. The van der Waals surface area contributed by atoms with Crippen molar-refractivity contribution < 1.29 is 14.0 Å². The number of nitriles is 1. The second-order valence-corrected chi connectivity index (χ2v) is 10.4. The van der Waals surface area contributed by atoms with Crippen LogP contribution in [-0.2, 0) is 12.1 Å². The molecule has 1 aliphatic carbocycles. The Balaban J connectivity index is 1.49. The van der Waals surface area contributed by atoms with Gasteiger partial charge in [0.25, 0.3) is 5.91 Å². The van der Waals surface area contributed by atoms with Crippen LogP contribution >= 0.6 is 0 Å². The predicted octanol–water partition coefficient (Wildman–Crippen LogP) is 4.09. The Morgan fingerprint density at radius 2 is 1.80 bits per heavy atom. The van der Waals surface area contributed by atoms with Gasteiger partial charge in [0.05, 0.1) is 16.9 Å². The first-order valence-corrected chi connectivity index (χ1v) is 13.3. The molecular weight excluding hydrogens is 521 g/mol. The number of anilines is 1. The first kappa shape index (κ1) is 27.7. The molecular formula is C31H30FN7O2. The van der Waals surface area contributed by atoms with E-state index in [1.807, 2.05) is 12.1 Å². The van der Waals surface area contributed by atoms with E-state index in [0.717, 1.165) is 30.4 Å². The first-order valence-electron chi connectivity index (χ1n) is 13.3. The second kappa shape index (κ2) is 11.3. The molecule has 0 radical (unpaired) electrons. The lowest BCUT2D eigenvalue weighted by molar-refractivity contribution is 0.0996. The lowest BCUT2D eigenvalue weighted by Gasteiger charge is -2.32. The van der Waals surface area contributed by atoms with Crippen molar-refractivity contribution in [1.82, 2.24) is 9.78 Å². The molecule has 1 aromatic heterocycles. The van der Waals surface area contributed by atoms with E-state index in [1.54, 1.807) is 48.5 Å².